The lowest BCUT2D eigenvalue weighted by atomic mass is 10.4. The maximum Gasteiger partial charge on any atom is 0.228 e. The zero-order chi connectivity index (χ0) is 19.8. The van der Waals surface area contributed by atoms with Crippen LogP contribution in [0.25, 0.3) is 0 Å². The van der Waals surface area contributed by atoms with Crippen LogP contribution in [0.3, 0.4) is 0 Å². The van der Waals surface area contributed by atoms with Crippen molar-refractivity contribution in [2.75, 3.05) is 11.1 Å². The van der Waals surface area contributed by atoms with Crippen molar-refractivity contribution in [3.63, 3.8) is 0 Å². The van der Waals surface area contributed by atoms with Crippen molar-refractivity contribution < 1.29 is 9.59 Å². The van der Waals surface area contributed by atoms with E-state index < -0.39 is 0 Å². The van der Waals surface area contributed by atoms with E-state index in [-0.39, 0.29) is 23.0 Å². The third-order valence-corrected chi connectivity index (χ3v) is 5.21. The standard InChI is InChI=1S/C9H9IN2O.C5H5IN2.C4H5ClO/c10-7-3-4-11-8(5-7)12-9(13)6-1-2-6;6-4-1-2-8-5(7)3-4;5-4(6)3-1-2-3/h3-6H,1-2H2,(H,11,12,13);1-3H,(H2,7,8);3H,1-2H2. The first-order valence-corrected chi connectivity index (χ1v) is 10.9. The number of nitrogens with one attached hydrogen (secondary N) is 1. The van der Waals surface area contributed by atoms with Gasteiger partial charge in [0.05, 0.1) is 0 Å². The van der Waals surface area contributed by atoms with E-state index in [0.29, 0.717) is 11.6 Å². The number of rotatable bonds is 3. The number of anilines is 2. The molecule has 0 radical (unpaired) electrons. The number of nitrogens with two attached hydrogens (primary N) is 1. The van der Waals surface area contributed by atoms with Crippen molar-refractivity contribution in [3.8, 4) is 0 Å². The van der Waals surface area contributed by atoms with Gasteiger partial charge in [-0.05, 0) is 107 Å². The first kappa shape index (κ1) is 22.3. The molecule has 9 heteroatoms. The molecule has 144 valence electrons. The Hall–Kier alpha value is -1.01. The number of carbonyl (C=O) groups is 2. The van der Waals surface area contributed by atoms with E-state index in [1.54, 1.807) is 12.4 Å². The van der Waals surface area contributed by atoms with Crippen LogP contribution in [0, 0.1) is 19.0 Å². The maximum absolute atomic E-state index is 11.3. The number of amides is 1. The van der Waals surface area contributed by atoms with Gasteiger partial charge in [0.25, 0.3) is 0 Å². The topological polar surface area (TPSA) is 98.0 Å². The fourth-order valence-corrected chi connectivity index (χ4v) is 2.93. The van der Waals surface area contributed by atoms with E-state index in [2.05, 4.69) is 60.5 Å². The summed E-state index contributed by atoms with van der Waals surface area (Å²) in [6.45, 7) is 0. The highest BCUT2D eigenvalue weighted by Crippen LogP contribution is 2.31. The second-order valence-electron chi connectivity index (χ2n) is 6.10. The number of carbonyl (C=O) groups excluding carboxylic acids is 2. The zero-order valence-corrected chi connectivity index (χ0v) is 19.4. The molecule has 2 aliphatic rings. The Morgan fingerprint density at radius 1 is 1.00 bits per heavy atom. The van der Waals surface area contributed by atoms with E-state index in [1.807, 2.05) is 24.3 Å². The summed E-state index contributed by atoms with van der Waals surface area (Å²) in [5.74, 6) is 1.81. The summed E-state index contributed by atoms with van der Waals surface area (Å²) >= 11 is 9.42. The Kier molecular flexibility index (Phi) is 9.16. The number of nitrogen functional groups attached to an aromatic ring is 1. The van der Waals surface area contributed by atoms with Crippen molar-refractivity contribution in [1.29, 1.82) is 0 Å². The molecule has 0 spiro atoms. The fourth-order valence-electron chi connectivity index (χ4n) is 1.78. The van der Waals surface area contributed by atoms with Crippen molar-refractivity contribution >= 4 is 79.6 Å². The Morgan fingerprint density at radius 2 is 1.56 bits per heavy atom. The molecule has 2 aromatic rings. The molecule has 0 atom stereocenters. The minimum atomic E-state index is -0.157. The number of hydrogen-bond donors (Lipinski definition) is 2. The lowest BCUT2D eigenvalue weighted by Crippen LogP contribution is -2.14. The summed E-state index contributed by atoms with van der Waals surface area (Å²) in [5, 5.41) is 2.63. The van der Waals surface area contributed by atoms with Gasteiger partial charge in [-0.1, -0.05) is 0 Å². The number of pyridine rings is 2. The second kappa shape index (κ2) is 11.1. The Bertz CT molecular complexity index is 781. The Morgan fingerprint density at radius 3 is 1.93 bits per heavy atom. The smallest absolute Gasteiger partial charge is 0.228 e. The molecule has 4 rings (SSSR count). The van der Waals surface area contributed by atoms with E-state index in [9.17, 15) is 9.59 Å². The molecular weight excluding hydrogens is 593 g/mol. The monoisotopic (exact) mass is 612 g/mol. The van der Waals surface area contributed by atoms with Crippen molar-refractivity contribution in [2.24, 2.45) is 11.8 Å². The minimum absolute atomic E-state index is 0.106. The Labute approximate surface area is 190 Å². The summed E-state index contributed by atoms with van der Waals surface area (Å²) < 4.78 is 2.20. The van der Waals surface area contributed by atoms with Crippen molar-refractivity contribution in [1.82, 2.24) is 9.97 Å². The fraction of sp³-hybridized carbons (Fsp3) is 0.333. The van der Waals surface area contributed by atoms with Gasteiger partial charge in [0.1, 0.15) is 11.6 Å². The molecule has 2 heterocycles. The molecule has 0 unspecified atom stereocenters. The lowest BCUT2D eigenvalue weighted by molar-refractivity contribution is -0.117. The van der Waals surface area contributed by atoms with Crippen LogP contribution in [0.5, 0.6) is 0 Å². The summed E-state index contributed by atoms with van der Waals surface area (Å²) in [7, 11) is 0. The highest BCUT2D eigenvalue weighted by molar-refractivity contribution is 14.1. The minimum Gasteiger partial charge on any atom is -0.384 e. The van der Waals surface area contributed by atoms with Gasteiger partial charge in [0.15, 0.2) is 0 Å². The van der Waals surface area contributed by atoms with Gasteiger partial charge in [0.2, 0.25) is 11.1 Å². The number of aromatic nitrogens is 2. The molecule has 3 N–H and O–H groups in total. The van der Waals surface area contributed by atoms with Gasteiger partial charge >= 0.3 is 0 Å². The van der Waals surface area contributed by atoms with Crippen molar-refractivity contribution in [3.05, 3.63) is 43.8 Å². The third-order valence-electron chi connectivity index (χ3n) is 3.56. The quantitative estimate of drug-likeness (QED) is 0.394. The molecule has 0 saturated heterocycles. The molecule has 2 fully saturated rings. The summed E-state index contributed by atoms with van der Waals surface area (Å²) in [5.41, 5.74) is 5.34. The zero-order valence-electron chi connectivity index (χ0n) is 14.4. The third kappa shape index (κ3) is 9.65. The lowest BCUT2D eigenvalue weighted by Gasteiger charge is -2.02. The predicted octanol–water partition coefficient (Wildman–Crippen LogP) is 4.46. The SMILES string of the molecule is Nc1cc(I)ccn1.O=C(Cl)C1CC1.O=C(Nc1cc(I)ccn1)C1CC1. The molecule has 2 saturated carbocycles. The molecule has 0 aromatic carbocycles. The normalized spacial score (nSPS) is 14.8. The van der Waals surface area contributed by atoms with Gasteiger partial charge in [-0.3, -0.25) is 9.59 Å². The average Bonchev–Trinajstić information content (AvgIpc) is 3.49. The van der Waals surface area contributed by atoms with Gasteiger partial charge in [0, 0.05) is 31.4 Å². The van der Waals surface area contributed by atoms with E-state index in [1.165, 1.54) is 0 Å². The first-order valence-electron chi connectivity index (χ1n) is 8.34. The highest BCUT2D eigenvalue weighted by Gasteiger charge is 2.29. The maximum atomic E-state index is 11.3. The van der Waals surface area contributed by atoms with E-state index in [4.69, 9.17) is 17.3 Å². The summed E-state index contributed by atoms with van der Waals surface area (Å²) in [6.07, 6.45) is 7.47. The predicted molar refractivity (Wildman–Crippen MR) is 123 cm³/mol. The van der Waals surface area contributed by atoms with Gasteiger partial charge in [-0.2, -0.15) is 0 Å². The second-order valence-corrected chi connectivity index (χ2v) is 8.96. The van der Waals surface area contributed by atoms with Crippen molar-refractivity contribution in [2.45, 2.75) is 25.7 Å². The van der Waals surface area contributed by atoms with Crippen LogP contribution in [0.2, 0.25) is 0 Å². The first-order chi connectivity index (χ1) is 12.8. The largest absolute Gasteiger partial charge is 0.384 e. The van der Waals surface area contributed by atoms with Gasteiger partial charge in [-0.15, -0.1) is 0 Å². The number of nitrogens with zero attached hydrogens (tertiary/aromatic N) is 2. The molecule has 1 amide bonds. The molecule has 0 bridgehead atoms. The number of hydrogen-bond acceptors (Lipinski definition) is 5. The molecular formula is C18H19ClI2N4O2. The van der Waals surface area contributed by atoms with Gasteiger partial charge < -0.3 is 11.1 Å². The summed E-state index contributed by atoms with van der Waals surface area (Å²) in [4.78, 5) is 29.2. The van der Waals surface area contributed by atoms with Crippen LogP contribution in [0.1, 0.15) is 25.7 Å². The van der Waals surface area contributed by atoms with E-state index >= 15 is 0 Å². The average molecular weight is 613 g/mol. The molecule has 2 aliphatic carbocycles. The van der Waals surface area contributed by atoms with Crippen LogP contribution in [-0.2, 0) is 9.59 Å². The van der Waals surface area contributed by atoms with Crippen LogP contribution in [-0.4, -0.2) is 21.1 Å². The molecule has 6 nitrogen and oxygen atoms in total. The van der Waals surface area contributed by atoms with Crippen LogP contribution < -0.4 is 11.1 Å². The van der Waals surface area contributed by atoms with Crippen LogP contribution >= 0.6 is 56.8 Å². The highest BCUT2D eigenvalue weighted by atomic mass is 127. The van der Waals surface area contributed by atoms with Gasteiger partial charge in [-0.25, -0.2) is 9.97 Å². The Balaban J connectivity index is 0.000000159. The molecule has 27 heavy (non-hydrogen) atoms. The van der Waals surface area contributed by atoms with Crippen LogP contribution in [0.15, 0.2) is 36.7 Å². The summed E-state index contributed by atoms with van der Waals surface area (Å²) in [6, 6.07) is 7.48. The van der Waals surface area contributed by atoms with E-state index in [0.717, 1.165) is 32.8 Å². The molecule has 2 aromatic heterocycles. The molecule has 0 aliphatic heterocycles. The number of halogens is 3. The van der Waals surface area contributed by atoms with Crippen LogP contribution in [0.4, 0.5) is 11.6 Å².